The first-order chi connectivity index (χ1) is 12.9. The molecule has 2 aromatic rings. The maximum absolute atomic E-state index is 12.4. The minimum Gasteiger partial charge on any atom is -0.478 e. The Morgan fingerprint density at radius 2 is 1.81 bits per heavy atom. The van der Waals surface area contributed by atoms with Crippen LogP contribution in [0.25, 0.3) is 0 Å². The number of hydrogen-bond acceptors (Lipinski definition) is 3. The molecule has 0 spiro atoms. The summed E-state index contributed by atoms with van der Waals surface area (Å²) in [5.74, 6) is -1.47. The second-order valence-corrected chi connectivity index (χ2v) is 6.91. The van der Waals surface area contributed by atoms with Crippen LogP contribution in [0.15, 0.2) is 42.5 Å². The van der Waals surface area contributed by atoms with Gasteiger partial charge in [0.1, 0.15) is 0 Å². The molecule has 2 aromatic carbocycles. The number of carboxylic acid groups (broad SMARTS) is 1. The lowest BCUT2D eigenvalue weighted by atomic mass is 9.85. The standard InChI is InChI=1S/C20H19ClN2O4/c21-16-9-8-14(22-19(25)12-5-3-6-12)11-17(16)23-18(24)10-13-4-1-2-7-15(13)20(26)27/h1-2,4,7-9,11-12H,3,5-6,10H2,(H,22,25)(H,23,24)(H,26,27). The summed E-state index contributed by atoms with van der Waals surface area (Å²) in [6, 6.07) is 11.2. The molecule has 1 aliphatic rings. The van der Waals surface area contributed by atoms with Gasteiger partial charge in [-0.15, -0.1) is 0 Å². The average Bonchev–Trinajstić information content (AvgIpc) is 2.56. The van der Waals surface area contributed by atoms with Crippen molar-refractivity contribution >= 4 is 40.8 Å². The zero-order chi connectivity index (χ0) is 19.4. The van der Waals surface area contributed by atoms with Crippen LogP contribution in [-0.4, -0.2) is 22.9 Å². The summed E-state index contributed by atoms with van der Waals surface area (Å²) in [5, 5.41) is 15.1. The van der Waals surface area contributed by atoms with Gasteiger partial charge in [-0.05, 0) is 42.7 Å². The summed E-state index contributed by atoms with van der Waals surface area (Å²) < 4.78 is 0. The maximum Gasteiger partial charge on any atom is 0.335 e. The van der Waals surface area contributed by atoms with Crippen molar-refractivity contribution in [2.45, 2.75) is 25.7 Å². The van der Waals surface area contributed by atoms with E-state index in [2.05, 4.69) is 10.6 Å². The first-order valence-electron chi connectivity index (χ1n) is 8.65. The van der Waals surface area contributed by atoms with Gasteiger partial charge >= 0.3 is 5.97 Å². The van der Waals surface area contributed by atoms with Crippen LogP contribution in [0.5, 0.6) is 0 Å². The van der Waals surface area contributed by atoms with Crippen LogP contribution in [0.4, 0.5) is 11.4 Å². The van der Waals surface area contributed by atoms with Crippen molar-refractivity contribution in [1.82, 2.24) is 0 Å². The molecule has 0 aromatic heterocycles. The van der Waals surface area contributed by atoms with E-state index in [1.165, 1.54) is 6.07 Å². The topological polar surface area (TPSA) is 95.5 Å². The quantitative estimate of drug-likeness (QED) is 0.700. The molecule has 1 saturated carbocycles. The molecule has 1 aliphatic carbocycles. The van der Waals surface area contributed by atoms with Gasteiger partial charge < -0.3 is 15.7 Å². The highest BCUT2D eigenvalue weighted by molar-refractivity contribution is 6.33. The number of aromatic carboxylic acids is 1. The fraction of sp³-hybridized carbons (Fsp3) is 0.250. The minimum atomic E-state index is -1.09. The molecule has 7 heteroatoms. The molecule has 6 nitrogen and oxygen atoms in total. The number of carbonyl (C=O) groups excluding carboxylic acids is 2. The Balaban J connectivity index is 1.69. The second kappa shape index (κ2) is 8.22. The Morgan fingerprint density at radius 1 is 1.07 bits per heavy atom. The van der Waals surface area contributed by atoms with Gasteiger partial charge in [-0.3, -0.25) is 9.59 Å². The smallest absolute Gasteiger partial charge is 0.335 e. The third kappa shape index (κ3) is 4.65. The van der Waals surface area contributed by atoms with Crippen LogP contribution in [0.1, 0.15) is 35.2 Å². The van der Waals surface area contributed by atoms with E-state index in [0.29, 0.717) is 22.0 Å². The van der Waals surface area contributed by atoms with Crippen molar-refractivity contribution in [1.29, 1.82) is 0 Å². The van der Waals surface area contributed by atoms with Crippen molar-refractivity contribution in [3.8, 4) is 0 Å². The van der Waals surface area contributed by atoms with Crippen molar-refractivity contribution in [3.05, 3.63) is 58.6 Å². The number of rotatable bonds is 6. The molecule has 0 radical (unpaired) electrons. The fourth-order valence-electron chi connectivity index (χ4n) is 2.86. The lowest BCUT2D eigenvalue weighted by Gasteiger charge is -2.24. The number of carbonyl (C=O) groups is 3. The summed E-state index contributed by atoms with van der Waals surface area (Å²) in [6.07, 6.45) is 2.76. The Kier molecular flexibility index (Phi) is 5.76. The molecule has 0 heterocycles. The van der Waals surface area contributed by atoms with Crippen LogP contribution in [0.2, 0.25) is 5.02 Å². The predicted octanol–water partition coefficient (Wildman–Crippen LogP) is 3.96. The summed E-state index contributed by atoms with van der Waals surface area (Å²) in [6.45, 7) is 0. The third-order valence-electron chi connectivity index (χ3n) is 4.58. The van der Waals surface area contributed by atoms with Gasteiger partial charge in [-0.25, -0.2) is 4.79 Å². The number of anilines is 2. The number of carboxylic acids is 1. The molecule has 27 heavy (non-hydrogen) atoms. The van der Waals surface area contributed by atoms with Gasteiger partial charge in [0.15, 0.2) is 0 Å². The molecule has 3 rings (SSSR count). The van der Waals surface area contributed by atoms with Gasteiger partial charge in [0.2, 0.25) is 11.8 Å². The molecule has 0 bridgehead atoms. The largest absolute Gasteiger partial charge is 0.478 e. The average molecular weight is 387 g/mol. The molecule has 0 unspecified atom stereocenters. The van der Waals surface area contributed by atoms with Crippen LogP contribution in [0.3, 0.4) is 0 Å². The number of hydrogen-bond donors (Lipinski definition) is 3. The molecule has 0 saturated heterocycles. The van der Waals surface area contributed by atoms with Crippen LogP contribution in [0, 0.1) is 5.92 Å². The SMILES string of the molecule is O=C(Cc1ccccc1C(=O)O)Nc1cc(NC(=O)C2CCC2)ccc1Cl. The number of halogens is 1. The lowest BCUT2D eigenvalue weighted by molar-refractivity contribution is -0.122. The highest BCUT2D eigenvalue weighted by Gasteiger charge is 2.25. The Hall–Kier alpha value is -2.86. The van der Waals surface area contributed by atoms with E-state index in [0.717, 1.165) is 19.3 Å². The zero-order valence-electron chi connectivity index (χ0n) is 14.5. The normalized spacial score (nSPS) is 13.5. The van der Waals surface area contributed by atoms with E-state index in [1.807, 2.05) is 0 Å². The molecular formula is C20H19ClN2O4. The van der Waals surface area contributed by atoms with Crippen LogP contribution in [-0.2, 0) is 16.0 Å². The van der Waals surface area contributed by atoms with E-state index in [4.69, 9.17) is 11.6 Å². The summed E-state index contributed by atoms with van der Waals surface area (Å²) >= 11 is 6.14. The number of amides is 2. The van der Waals surface area contributed by atoms with Crippen LogP contribution < -0.4 is 10.6 Å². The highest BCUT2D eigenvalue weighted by Crippen LogP contribution is 2.30. The fourth-order valence-corrected chi connectivity index (χ4v) is 3.03. The van der Waals surface area contributed by atoms with Gasteiger partial charge in [0, 0.05) is 11.6 Å². The first kappa shape index (κ1) is 18.9. The van der Waals surface area contributed by atoms with Crippen molar-refractivity contribution < 1.29 is 19.5 Å². The van der Waals surface area contributed by atoms with E-state index < -0.39 is 11.9 Å². The Morgan fingerprint density at radius 3 is 2.48 bits per heavy atom. The van der Waals surface area contributed by atoms with E-state index >= 15 is 0 Å². The van der Waals surface area contributed by atoms with E-state index in [-0.39, 0.29) is 23.8 Å². The second-order valence-electron chi connectivity index (χ2n) is 6.50. The zero-order valence-corrected chi connectivity index (χ0v) is 15.3. The highest BCUT2D eigenvalue weighted by atomic mass is 35.5. The van der Waals surface area contributed by atoms with Gasteiger partial charge in [0.25, 0.3) is 0 Å². The molecule has 3 N–H and O–H groups in total. The molecule has 140 valence electrons. The van der Waals surface area contributed by atoms with Crippen LogP contribution >= 0.6 is 11.6 Å². The molecule has 0 aliphatic heterocycles. The van der Waals surface area contributed by atoms with Crippen molar-refractivity contribution in [3.63, 3.8) is 0 Å². The van der Waals surface area contributed by atoms with Gasteiger partial charge in [0.05, 0.1) is 22.7 Å². The lowest BCUT2D eigenvalue weighted by Crippen LogP contribution is -2.28. The van der Waals surface area contributed by atoms with E-state index in [1.54, 1.807) is 36.4 Å². The number of nitrogens with one attached hydrogen (secondary N) is 2. The summed E-state index contributed by atoms with van der Waals surface area (Å²) in [4.78, 5) is 35.7. The third-order valence-corrected chi connectivity index (χ3v) is 4.91. The monoisotopic (exact) mass is 386 g/mol. The molecule has 0 atom stereocenters. The predicted molar refractivity (Wildman–Crippen MR) is 103 cm³/mol. The van der Waals surface area contributed by atoms with Gasteiger partial charge in [-0.1, -0.05) is 36.2 Å². The minimum absolute atomic E-state index is 0.0313. The summed E-state index contributed by atoms with van der Waals surface area (Å²) in [7, 11) is 0. The Labute approximate surface area is 161 Å². The number of benzene rings is 2. The summed E-state index contributed by atoms with van der Waals surface area (Å²) in [5.41, 5.74) is 1.41. The molecule has 1 fully saturated rings. The molecular weight excluding hydrogens is 368 g/mol. The molecule has 2 amide bonds. The maximum atomic E-state index is 12.4. The van der Waals surface area contributed by atoms with Crippen molar-refractivity contribution in [2.24, 2.45) is 5.92 Å². The Bertz CT molecular complexity index is 893. The van der Waals surface area contributed by atoms with Crippen molar-refractivity contribution in [2.75, 3.05) is 10.6 Å². The van der Waals surface area contributed by atoms with Gasteiger partial charge in [-0.2, -0.15) is 0 Å². The van der Waals surface area contributed by atoms with E-state index in [9.17, 15) is 19.5 Å². The first-order valence-corrected chi connectivity index (χ1v) is 9.03.